The van der Waals surface area contributed by atoms with Crippen LogP contribution in [0.4, 0.5) is 0 Å². The Hall–Kier alpha value is -1.14. The summed E-state index contributed by atoms with van der Waals surface area (Å²) < 4.78 is 5.15. The van der Waals surface area contributed by atoms with Gasteiger partial charge in [-0.3, -0.25) is 9.59 Å². The Morgan fingerprint density at radius 3 is 2.53 bits per heavy atom. The van der Waals surface area contributed by atoms with Crippen LogP contribution in [0.25, 0.3) is 0 Å². The lowest BCUT2D eigenvalue weighted by molar-refractivity contribution is -0.139. The molecular formula is C11H21N3O3. The maximum atomic E-state index is 11.7. The average molecular weight is 243 g/mol. The van der Waals surface area contributed by atoms with Gasteiger partial charge in [0.15, 0.2) is 0 Å². The Kier molecular flexibility index (Phi) is 5.93. The molecule has 98 valence electrons. The van der Waals surface area contributed by atoms with Crippen LogP contribution >= 0.6 is 0 Å². The SMILES string of the molecule is CN(C)CCNC(=O)CC(=O)N1CCOCC1. The Morgan fingerprint density at radius 2 is 1.94 bits per heavy atom. The van der Waals surface area contributed by atoms with E-state index in [1.807, 2.05) is 19.0 Å². The topological polar surface area (TPSA) is 61.9 Å². The monoisotopic (exact) mass is 243 g/mol. The lowest BCUT2D eigenvalue weighted by Gasteiger charge is -2.26. The van der Waals surface area contributed by atoms with Gasteiger partial charge in [-0.1, -0.05) is 0 Å². The fourth-order valence-corrected chi connectivity index (χ4v) is 1.54. The van der Waals surface area contributed by atoms with E-state index in [1.165, 1.54) is 0 Å². The quantitative estimate of drug-likeness (QED) is 0.624. The summed E-state index contributed by atoms with van der Waals surface area (Å²) in [5.74, 6) is -0.320. The minimum atomic E-state index is -0.205. The molecule has 1 fully saturated rings. The van der Waals surface area contributed by atoms with Gasteiger partial charge in [0.05, 0.1) is 13.2 Å². The molecule has 0 aromatic carbocycles. The largest absolute Gasteiger partial charge is 0.378 e. The zero-order valence-electron chi connectivity index (χ0n) is 10.6. The van der Waals surface area contributed by atoms with Crippen molar-refractivity contribution in [3.05, 3.63) is 0 Å². The molecule has 6 nitrogen and oxygen atoms in total. The van der Waals surface area contributed by atoms with E-state index >= 15 is 0 Å². The Labute approximate surface area is 102 Å². The van der Waals surface area contributed by atoms with Gasteiger partial charge >= 0.3 is 0 Å². The number of ether oxygens (including phenoxy) is 1. The molecule has 0 aromatic heterocycles. The van der Waals surface area contributed by atoms with Crippen LogP contribution in [0.5, 0.6) is 0 Å². The average Bonchev–Trinajstić information content (AvgIpc) is 2.29. The van der Waals surface area contributed by atoms with E-state index in [0.717, 1.165) is 6.54 Å². The molecule has 0 saturated carbocycles. The van der Waals surface area contributed by atoms with Gasteiger partial charge in [0.25, 0.3) is 0 Å². The molecule has 0 bridgehead atoms. The molecule has 0 aliphatic carbocycles. The predicted molar refractivity (Wildman–Crippen MR) is 63.6 cm³/mol. The number of hydrogen-bond acceptors (Lipinski definition) is 4. The molecule has 0 aromatic rings. The molecule has 1 saturated heterocycles. The summed E-state index contributed by atoms with van der Waals surface area (Å²) in [6.07, 6.45) is -0.0621. The van der Waals surface area contributed by atoms with E-state index in [9.17, 15) is 9.59 Å². The summed E-state index contributed by atoms with van der Waals surface area (Å²) in [5.41, 5.74) is 0. The van der Waals surface area contributed by atoms with E-state index < -0.39 is 0 Å². The van der Waals surface area contributed by atoms with Crippen LogP contribution in [0.2, 0.25) is 0 Å². The molecule has 1 aliphatic rings. The van der Waals surface area contributed by atoms with Crippen LogP contribution in [0.3, 0.4) is 0 Å². The van der Waals surface area contributed by atoms with Crippen molar-refractivity contribution in [1.29, 1.82) is 0 Å². The molecule has 1 aliphatic heterocycles. The third kappa shape index (κ3) is 5.65. The summed E-state index contributed by atoms with van der Waals surface area (Å²) in [7, 11) is 3.87. The molecule has 6 heteroatoms. The minimum absolute atomic E-state index is 0.0621. The highest BCUT2D eigenvalue weighted by Gasteiger charge is 2.19. The number of carbonyl (C=O) groups excluding carboxylic acids is 2. The molecule has 0 spiro atoms. The Balaban J connectivity index is 2.18. The van der Waals surface area contributed by atoms with Crippen LogP contribution in [0.15, 0.2) is 0 Å². The van der Waals surface area contributed by atoms with E-state index in [-0.39, 0.29) is 18.2 Å². The lowest BCUT2D eigenvalue weighted by atomic mass is 10.3. The summed E-state index contributed by atoms with van der Waals surface area (Å²) in [5, 5.41) is 2.72. The molecule has 17 heavy (non-hydrogen) atoms. The summed E-state index contributed by atoms with van der Waals surface area (Å²) in [4.78, 5) is 26.8. The normalized spacial score (nSPS) is 16.1. The molecule has 0 unspecified atom stereocenters. The maximum Gasteiger partial charge on any atom is 0.232 e. The highest BCUT2D eigenvalue weighted by molar-refractivity contribution is 5.96. The van der Waals surface area contributed by atoms with Gasteiger partial charge in [-0.15, -0.1) is 0 Å². The van der Waals surface area contributed by atoms with Gasteiger partial charge in [0.2, 0.25) is 11.8 Å². The fourth-order valence-electron chi connectivity index (χ4n) is 1.54. The highest BCUT2D eigenvalue weighted by atomic mass is 16.5. The molecule has 2 amide bonds. The number of rotatable bonds is 5. The second kappa shape index (κ2) is 7.24. The summed E-state index contributed by atoms with van der Waals surface area (Å²) in [6, 6.07) is 0. The second-order valence-corrected chi connectivity index (χ2v) is 4.32. The number of hydrogen-bond donors (Lipinski definition) is 1. The van der Waals surface area contributed by atoms with Gasteiger partial charge < -0.3 is 19.9 Å². The smallest absolute Gasteiger partial charge is 0.232 e. The zero-order valence-corrected chi connectivity index (χ0v) is 10.6. The van der Waals surface area contributed by atoms with Crippen molar-refractivity contribution in [2.24, 2.45) is 0 Å². The first-order chi connectivity index (χ1) is 8.09. The zero-order chi connectivity index (χ0) is 12.7. The van der Waals surface area contributed by atoms with Crippen LogP contribution in [-0.4, -0.2) is 75.1 Å². The number of nitrogens with zero attached hydrogens (tertiary/aromatic N) is 2. The van der Waals surface area contributed by atoms with Gasteiger partial charge in [-0.25, -0.2) is 0 Å². The van der Waals surface area contributed by atoms with Crippen molar-refractivity contribution >= 4 is 11.8 Å². The molecular weight excluding hydrogens is 222 g/mol. The first-order valence-electron chi connectivity index (χ1n) is 5.86. The number of morpholine rings is 1. The number of nitrogens with one attached hydrogen (secondary N) is 1. The van der Waals surface area contributed by atoms with Crippen molar-refractivity contribution in [3.8, 4) is 0 Å². The number of carbonyl (C=O) groups is 2. The second-order valence-electron chi connectivity index (χ2n) is 4.32. The van der Waals surface area contributed by atoms with E-state index in [0.29, 0.717) is 32.8 Å². The summed E-state index contributed by atoms with van der Waals surface area (Å²) >= 11 is 0. The third-order valence-corrected chi connectivity index (χ3v) is 2.56. The van der Waals surface area contributed by atoms with E-state index in [4.69, 9.17) is 4.74 Å². The standard InChI is InChI=1S/C11H21N3O3/c1-13(2)4-3-12-10(15)9-11(16)14-5-7-17-8-6-14/h3-9H2,1-2H3,(H,12,15). The Morgan fingerprint density at radius 1 is 1.29 bits per heavy atom. The van der Waals surface area contributed by atoms with Gasteiger partial charge in [0.1, 0.15) is 6.42 Å². The highest BCUT2D eigenvalue weighted by Crippen LogP contribution is 1.99. The van der Waals surface area contributed by atoms with Crippen molar-refractivity contribution in [3.63, 3.8) is 0 Å². The lowest BCUT2D eigenvalue weighted by Crippen LogP contribution is -2.43. The maximum absolute atomic E-state index is 11.7. The van der Waals surface area contributed by atoms with Crippen molar-refractivity contribution < 1.29 is 14.3 Å². The van der Waals surface area contributed by atoms with Gasteiger partial charge in [-0.2, -0.15) is 0 Å². The van der Waals surface area contributed by atoms with Crippen LogP contribution in [0.1, 0.15) is 6.42 Å². The number of amides is 2. The summed E-state index contributed by atoms with van der Waals surface area (Å²) in [6.45, 7) is 3.65. The van der Waals surface area contributed by atoms with E-state index in [1.54, 1.807) is 4.90 Å². The first-order valence-corrected chi connectivity index (χ1v) is 5.86. The van der Waals surface area contributed by atoms with E-state index in [2.05, 4.69) is 5.32 Å². The molecule has 1 rings (SSSR count). The molecule has 1 N–H and O–H groups in total. The minimum Gasteiger partial charge on any atom is -0.378 e. The van der Waals surface area contributed by atoms with Crippen molar-refractivity contribution in [2.75, 3.05) is 53.5 Å². The molecule has 1 heterocycles. The van der Waals surface area contributed by atoms with Gasteiger partial charge in [-0.05, 0) is 14.1 Å². The fraction of sp³-hybridized carbons (Fsp3) is 0.818. The molecule has 0 atom stereocenters. The first kappa shape index (κ1) is 13.9. The van der Waals surface area contributed by atoms with Crippen molar-refractivity contribution in [1.82, 2.24) is 15.1 Å². The third-order valence-electron chi connectivity index (χ3n) is 2.56. The van der Waals surface area contributed by atoms with Gasteiger partial charge in [0, 0.05) is 26.2 Å². The molecule has 0 radical (unpaired) electrons. The van der Waals surface area contributed by atoms with Crippen LogP contribution in [-0.2, 0) is 14.3 Å². The number of likely N-dealkylation sites (N-methyl/N-ethyl adjacent to an activating group) is 1. The predicted octanol–water partition coefficient (Wildman–Crippen LogP) is -1.09. The van der Waals surface area contributed by atoms with Crippen molar-refractivity contribution in [2.45, 2.75) is 6.42 Å². The van der Waals surface area contributed by atoms with Crippen LogP contribution < -0.4 is 5.32 Å². The Bertz CT molecular complexity index is 263. The van der Waals surface area contributed by atoms with Crippen LogP contribution in [0, 0.1) is 0 Å².